The third-order valence-electron chi connectivity index (χ3n) is 2.48. The molecule has 0 fully saturated rings. The maximum Gasteiger partial charge on any atom is 0.251 e. The third kappa shape index (κ3) is 3.27. The molecule has 1 rings (SSSR count). The monoisotopic (exact) mass is 206 g/mol. The third-order valence-corrected chi connectivity index (χ3v) is 2.48. The molecule has 0 saturated heterocycles. The van der Waals surface area contributed by atoms with E-state index in [9.17, 15) is 4.79 Å². The van der Waals surface area contributed by atoms with E-state index in [1.807, 2.05) is 20.8 Å². The predicted octanol–water partition coefficient (Wildman–Crippen LogP) is 2.19. The Bertz CT molecular complexity index is 358. The van der Waals surface area contributed by atoms with Crippen LogP contribution in [-0.4, -0.2) is 11.4 Å². The van der Waals surface area contributed by atoms with Crippen molar-refractivity contribution in [2.24, 2.45) is 0 Å². The van der Waals surface area contributed by atoms with E-state index in [1.54, 1.807) is 24.3 Å². The van der Waals surface area contributed by atoms with Gasteiger partial charge in [-0.1, -0.05) is 13.0 Å². The van der Waals surface area contributed by atoms with Crippen molar-refractivity contribution in [1.82, 2.24) is 5.32 Å². The number of anilines is 1. The van der Waals surface area contributed by atoms with Crippen molar-refractivity contribution in [3.63, 3.8) is 0 Å². The van der Waals surface area contributed by atoms with E-state index in [0.29, 0.717) is 11.3 Å². The molecule has 0 aliphatic carbocycles. The first-order chi connectivity index (χ1) is 6.94. The van der Waals surface area contributed by atoms with E-state index in [1.165, 1.54) is 0 Å². The molecule has 3 nitrogen and oxygen atoms in total. The highest BCUT2D eigenvalue weighted by atomic mass is 16.1. The molecule has 3 heteroatoms. The highest BCUT2D eigenvalue weighted by Crippen LogP contribution is 2.11. The molecule has 0 bridgehead atoms. The van der Waals surface area contributed by atoms with Crippen molar-refractivity contribution in [1.29, 1.82) is 0 Å². The van der Waals surface area contributed by atoms with Crippen LogP contribution in [0.5, 0.6) is 0 Å². The quantitative estimate of drug-likeness (QED) is 0.745. The number of nitrogen functional groups attached to an aromatic ring is 1. The molecule has 0 aromatic heterocycles. The highest BCUT2D eigenvalue weighted by molar-refractivity contribution is 5.95. The van der Waals surface area contributed by atoms with E-state index >= 15 is 0 Å². The first-order valence-electron chi connectivity index (χ1n) is 5.12. The Labute approximate surface area is 90.7 Å². The fraction of sp³-hybridized carbons (Fsp3) is 0.417. The van der Waals surface area contributed by atoms with Crippen molar-refractivity contribution >= 4 is 11.6 Å². The predicted molar refractivity (Wildman–Crippen MR) is 62.7 cm³/mol. The van der Waals surface area contributed by atoms with Crippen LogP contribution in [0.1, 0.15) is 37.6 Å². The van der Waals surface area contributed by atoms with E-state index in [2.05, 4.69) is 5.32 Å². The number of hydrogen-bond acceptors (Lipinski definition) is 2. The van der Waals surface area contributed by atoms with Gasteiger partial charge in [-0.05, 0) is 38.5 Å². The van der Waals surface area contributed by atoms with Gasteiger partial charge in [0.25, 0.3) is 5.91 Å². The summed E-state index contributed by atoms with van der Waals surface area (Å²) in [6, 6.07) is 6.99. The van der Waals surface area contributed by atoms with Crippen molar-refractivity contribution in [3.05, 3.63) is 29.8 Å². The molecule has 1 aromatic carbocycles. The number of nitrogens with one attached hydrogen (secondary N) is 1. The van der Waals surface area contributed by atoms with Crippen LogP contribution in [0.4, 0.5) is 5.69 Å². The molecule has 0 unspecified atom stereocenters. The van der Waals surface area contributed by atoms with Crippen LogP contribution in [0.25, 0.3) is 0 Å². The zero-order valence-corrected chi connectivity index (χ0v) is 9.50. The molecule has 3 N–H and O–H groups in total. The van der Waals surface area contributed by atoms with Crippen LogP contribution < -0.4 is 11.1 Å². The Morgan fingerprint density at radius 3 is 2.67 bits per heavy atom. The topological polar surface area (TPSA) is 55.1 Å². The lowest BCUT2D eigenvalue weighted by molar-refractivity contribution is 0.0911. The Morgan fingerprint density at radius 1 is 1.47 bits per heavy atom. The smallest absolute Gasteiger partial charge is 0.251 e. The number of amides is 1. The van der Waals surface area contributed by atoms with Gasteiger partial charge in [0, 0.05) is 16.8 Å². The van der Waals surface area contributed by atoms with Crippen LogP contribution in [0.2, 0.25) is 0 Å². The Hall–Kier alpha value is -1.51. The van der Waals surface area contributed by atoms with E-state index in [4.69, 9.17) is 5.73 Å². The second-order valence-corrected chi connectivity index (χ2v) is 4.32. The van der Waals surface area contributed by atoms with Gasteiger partial charge >= 0.3 is 0 Å². The number of nitrogens with two attached hydrogens (primary N) is 1. The molecule has 1 amide bonds. The van der Waals surface area contributed by atoms with Gasteiger partial charge in [0.2, 0.25) is 0 Å². The molecule has 0 aliphatic rings. The van der Waals surface area contributed by atoms with E-state index in [0.717, 1.165) is 6.42 Å². The SMILES string of the molecule is CCC(C)(C)NC(=O)c1cccc(N)c1. The first kappa shape index (κ1) is 11.6. The fourth-order valence-electron chi connectivity index (χ4n) is 1.15. The van der Waals surface area contributed by atoms with Gasteiger partial charge in [0.05, 0.1) is 0 Å². The molecular weight excluding hydrogens is 188 g/mol. The van der Waals surface area contributed by atoms with Gasteiger partial charge in [-0.2, -0.15) is 0 Å². The second-order valence-electron chi connectivity index (χ2n) is 4.32. The minimum Gasteiger partial charge on any atom is -0.399 e. The van der Waals surface area contributed by atoms with Gasteiger partial charge in [0.15, 0.2) is 0 Å². The summed E-state index contributed by atoms with van der Waals surface area (Å²) in [5.74, 6) is -0.0749. The molecule has 1 aromatic rings. The lowest BCUT2D eigenvalue weighted by atomic mass is 10.0. The summed E-state index contributed by atoms with van der Waals surface area (Å²) in [6.07, 6.45) is 0.890. The van der Waals surface area contributed by atoms with Crippen LogP contribution in [-0.2, 0) is 0 Å². The van der Waals surface area contributed by atoms with Crippen LogP contribution in [0, 0.1) is 0 Å². The van der Waals surface area contributed by atoms with Crippen LogP contribution in [0.15, 0.2) is 24.3 Å². The summed E-state index contributed by atoms with van der Waals surface area (Å²) in [6.45, 7) is 6.04. The molecule has 0 spiro atoms. The Kier molecular flexibility index (Phi) is 3.35. The zero-order chi connectivity index (χ0) is 11.5. The van der Waals surface area contributed by atoms with E-state index in [-0.39, 0.29) is 11.4 Å². The highest BCUT2D eigenvalue weighted by Gasteiger charge is 2.18. The number of hydrogen-bond donors (Lipinski definition) is 2. The Balaban J connectivity index is 2.78. The summed E-state index contributed by atoms with van der Waals surface area (Å²) in [5, 5.41) is 2.95. The standard InChI is InChI=1S/C12H18N2O/c1-4-12(2,3)14-11(15)9-6-5-7-10(13)8-9/h5-8H,4,13H2,1-3H3,(H,14,15). The van der Waals surface area contributed by atoms with Gasteiger partial charge in [0.1, 0.15) is 0 Å². The van der Waals surface area contributed by atoms with Crippen LogP contribution >= 0.6 is 0 Å². The minimum absolute atomic E-state index is 0.0749. The van der Waals surface area contributed by atoms with E-state index < -0.39 is 0 Å². The lowest BCUT2D eigenvalue weighted by Gasteiger charge is -2.24. The van der Waals surface area contributed by atoms with Gasteiger partial charge in [-0.15, -0.1) is 0 Å². The summed E-state index contributed by atoms with van der Waals surface area (Å²) in [5.41, 5.74) is 6.65. The largest absolute Gasteiger partial charge is 0.399 e. The minimum atomic E-state index is -0.179. The summed E-state index contributed by atoms with van der Waals surface area (Å²) in [7, 11) is 0. The number of carbonyl (C=O) groups excluding carboxylic acids is 1. The number of carbonyl (C=O) groups is 1. The van der Waals surface area contributed by atoms with Crippen LogP contribution in [0.3, 0.4) is 0 Å². The molecular formula is C12H18N2O. The average molecular weight is 206 g/mol. The molecule has 0 radical (unpaired) electrons. The van der Waals surface area contributed by atoms with Crippen molar-refractivity contribution < 1.29 is 4.79 Å². The molecule has 15 heavy (non-hydrogen) atoms. The van der Waals surface area contributed by atoms with Crippen molar-refractivity contribution in [2.45, 2.75) is 32.7 Å². The molecule has 82 valence electrons. The Morgan fingerprint density at radius 2 is 2.13 bits per heavy atom. The molecule has 0 aliphatic heterocycles. The van der Waals surface area contributed by atoms with Crippen molar-refractivity contribution in [2.75, 3.05) is 5.73 Å². The number of rotatable bonds is 3. The molecule has 0 atom stereocenters. The summed E-state index contributed by atoms with van der Waals surface area (Å²) < 4.78 is 0. The molecule has 0 heterocycles. The van der Waals surface area contributed by atoms with Crippen molar-refractivity contribution in [3.8, 4) is 0 Å². The zero-order valence-electron chi connectivity index (χ0n) is 9.50. The van der Waals surface area contributed by atoms with Gasteiger partial charge in [-0.25, -0.2) is 0 Å². The van der Waals surface area contributed by atoms with Gasteiger partial charge < -0.3 is 11.1 Å². The fourth-order valence-corrected chi connectivity index (χ4v) is 1.15. The summed E-state index contributed by atoms with van der Waals surface area (Å²) in [4.78, 5) is 11.8. The average Bonchev–Trinajstić information content (AvgIpc) is 2.17. The molecule has 0 saturated carbocycles. The lowest BCUT2D eigenvalue weighted by Crippen LogP contribution is -2.42. The second kappa shape index (κ2) is 4.34. The summed E-state index contributed by atoms with van der Waals surface area (Å²) >= 11 is 0. The maximum atomic E-state index is 11.8. The maximum absolute atomic E-state index is 11.8. The first-order valence-corrected chi connectivity index (χ1v) is 5.12. The number of benzene rings is 1. The normalized spacial score (nSPS) is 11.1. The van der Waals surface area contributed by atoms with Gasteiger partial charge in [-0.3, -0.25) is 4.79 Å².